The van der Waals surface area contributed by atoms with E-state index in [1.54, 1.807) is 41.5 Å². The number of carboxylic acid groups (broad SMARTS) is 1. The molecule has 0 aromatic rings. The molecule has 20 nitrogen and oxygen atoms in total. The van der Waals surface area contributed by atoms with Gasteiger partial charge in [-0.3, -0.25) is 43.2 Å². The highest BCUT2D eigenvalue weighted by Crippen LogP contribution is 2.19. The van der Waals surface area contributed by atoms with E-state index in [0.717, 1.165) is 44.9 Å². The van der Waals surface area contributed by atoms with E-state index in [0.29, 0.717) is 12.3 Å². The van der Waals surface area contributed by atoms with Crippen molar-refractivity contribution >= 4 is 59.3 Å². The smallest absolute Gasteiger partial charge is 0.329 e. The molecule has 1 aliphatic heterocycles. The maximum atomic E-state index is 14.2. The van der Waals surface area contributed by atoms with Gasteiger partial charge in [0.25, 0.3) is 0 Å². The Balaban J connectivity index is 3.95. The van der Waals surface area contributed by atoms with E-state index < -0.39 is 132 Å². The van der Waals surface area contributed by atoms with Crippen LogP contribution >= 0.6 is 0 Å². The fraction of sp³-hybridized carbons (Fsp3) is 0.811. The monoisotopic (exact) mass is 1040 g/mol. The standard InChI is InChI=1S/C53H93N7O13/c1-14-35(12)21-19-17-15-16-18-20-22-36-28-42(61)54-37(23-24-44(64)72-13)47(65)55-38(25-30(2)3)48(66)56-39(26-31(4)5)50(68)59-45(33(8)9)52(70)58-41(29-43(62)63)49(67)57-40(27-32(6)7)51(69)60-46(34(10)11)53(71)73-36/h30-41,45-46H,14-29H2,1-13H3,(H,54,61)(H,55,65)(H,56,66)(H,57,67)(H,58,70)(H,59,68)(H,60,69)(H,62,63)/t35?,36-,37+,38+,39-,40-,41+,45+,46+/m1/s1. The first-order valence-electron chi connectivity index (χ1n) is 26.8. The minimum absolute atomic E-state index is 0.0436. The van der Waals surface area contributed by atoms with Crippen LogP contribution in [0.1, 0.15) is 186 Å². The summed E-state index contributed by atoms with van der Waals surface area (Å²) in [5, 5.41) is 28.4. The lowest BCUT2D eigenvalue weighted by Gasteiger charge is -2.30. The van der Waals surface area contributed by atoms with Crippen molar-refractivity contribution in [2.45, 2.75) is 234 Å². The summed E-state index contributed by atoms with van der Waals surface area (Å²) >= 11 is 0. The Kier molecular flexibility index (Phi) is 30.8. The number of cyclic esters (lactones) is 1. The number of methoxy groups -OCH3 is 1. The molecule has 20 heteroatoms. The number of carbonyl (C=O) groups is 10. The van der Waals surface area contributed by atoms with Crippen molar-refractivity contribution < 1.29 is 62.5 Å². The van der Waals surface area contributed by atoms with Crippen molar-refractivity contribution in [3.8, 4) is 0 Å². The van der Waals surface area contributed by atoms with E-state index in [1.807, 2.05) is 27.7 Å². The largest absolute Gasteiger partial charge is 0.481 e. The number of carbonyl (C=O) groups excluding carboxylic acids is 9. The van der Waals surface area contributed by atoms with E-state index >= 15 is 0 Å². The summed E-state index contributed by atoms with van der Waals surface area (Å²) in [6, 6.07) is -9.51. The third-order valence-electron chi connectivity index (χ3n) is 12.9. The number of hydrogen-bond donors (Lipinski definition) is 8. The van der Waals surface area contributed by atoms with Crippen LogP contribution in [0.15, 0.2) is 0 Å². The average molecular weight is 1040 g/mol. The number of amides is 7. The van der Waals surface area contributed by atoms with Crippen LogP contribution in [0.3, 0.4) is 0 Å². The molecule has 9 atom stereocenters. The van der Waals surface area contributed by atoms with E-state index in [4.69, 9.17) is 9.47 Å². The summed E-state index contributed by atoms with van der Waals surface area (Å²) in [7, 11) is 1.18. The van der Waals surface area contributed by atoms with E-state index in [9.17, 15) is 53.1 Å². The zero-order valence-corrected chi connectivity index (χ0v) is 46.2. The summed E-state index contributed by atoms with van der Waals surface area (Å²) < 4.78 is 10.9. The second kappa shape index (κ2) is 34.2. The minimum Gasteiger partial charge on any atom is -0.481 e. The summed E-state index contributed by atoms with van der Waals surface area (Å²) in [4.78, 5) is 137. The molecule has 1 rings (SSSR count). The molecule has 7 amide bonds. The number of nitrogens with one attached hydrogen (secondary N) is 7. The van der Waals surface area contributed by atoms with Gasteiger partial charge < -0.3 is 51.8 Å². The van der Waals surface area contributed by atoms with Crippen molar-refractivity contribution in [1.29, 1.82) is 0 Å². The van der Waals surface area contributed by atoms with Crippen LogP contribution in [0.2, 0.25) is 0 Å². The second-order valence-corrected chi connectivity index (χ2v) is 21.9. The predicted molar refractivity (Wildman–Crippen MR) is 276 cm³/mol. The number of unbranched alkanes of at least 4 members (excludes halogenated alkanes) is 5. The molecule has 1 saturated heterocycles. The highest BCUT2D eigenvalue weighted by Gasteiger charge is 2.38. The zero-order chi connectivity index (χ0) is 55.5. The summed E-state index contributed by atoms with van der Waals surface area (Å²) in [6.07, 6.45) is 5.45. The molecule has 1 fully saturated rings. The topological polar surface area (TPSA) is 294 Å². The maximum Gasteiger partial charge on any atom is 0.329 e. The van der Waals surface area contributed by atoms with E-state index in [2.05, 4.69) is 51.1 Å². The van der Waals surface area contributed by atoms with Crippen molar-refractivity contribution in [3.63, 3.8) is 0 Å². The van der Waals surface area contributed by atoms with Crippen LogP contribution in [0.5, 0.6) is 0 Å². The lowest BCUT2D eigenvalue weighted by atomic mass is 9.98. The Morgan fingerprint density at radius 1 is 0.548 bits per heavy atom. The maximum absolute atomic E-state index is 14.2. The molecule has 418 valence electrons. The Hall–Kier alpha value is -5.30. The number of hydrogen-bond acceptors (Lipinski definition) is 12. The summed E-state index contributed by atoms with van der Waals surface area (Å²) in [5.41, 5.74) is 0. The molecule has 0 aromatic heterocycles. The summed E-state index contributed by atoms with van der Waals surface area (Å²) in [5.74, 6) is -9.73. The highest BCUT2D eigenvalue weighted by molar-refractivity contribution is 5.98. The quantitative estimate of drug-likeness (QED) is 0.0508. The van der Waals surface area contributed by atoms with Crippen LogP contribution in [0.25, 0.3) is 0 Å². The normalized spacial score (nSPS) is 24.4. The van der Waals surface area contributed by atoms with Gasteiger partial charge in [0.05, 0.1) is 20.0 Å². The fourth-order valence-electron chi connectivity index (χ4n) is 8.42. The van der Waals surface area contributed by atoms with Gasteiger partial charge in [0.1, 0.15) is 48.4 Å². The Morgan fingerprint density at radius 2 is 0.973 bits per heavy atom. The number of aliphatic carboxylic acids is 1. The molecule has 1 aliphatic rings. The second-order valence-electron chi connectivity index (χ2n) is 21.9. The Morgan fingerprint density at radius 3 is 1.42 bits per heavy atom. The molecule has 1 unspecified atom stereocenters. The average Bonchev–Trinajstić information content (AvgIpc) is 3.29. The molecule has 73 heavy (non-hydrogen) atoms. The van der Waals surface area contributed by atoms with Gasteiger partial charge in [0.15, 0.2) is 0 Å². The fourth-order valence-corrected chi connectivity index (χ4v) is 8.42. The summed E-state index contributed by atoms with van der Waals surface area (Å²) in [6.45, 7) is 21.9. The van der Waals surface area contributed by atoms with Crippen LogP contribution < -0.4 is 37.2 Å². The molecule has 0 aliphatic carbocycles. The Labute approximate surface area is 434 Å². The van der Waals surface area contributed by atoms with Crippen molar-refractivity contribution in [3.05, 3.63) is 0 Å². The lowest BCUT2D eigenvalue weighted by Crippen LogP contribution is -2.61. The van der Waals surface area contributed by atoms with E-state index in [-0.39, 0.29) is 56.3 Å². The molecular weight excluding hydrogens is 943 g/mol. The molecule has 0 aromatic carbocycles. The van der Waals surface area contributed by atoms with Crippen molar-refractivity contribution in [2.75, 3.05) is 7.11 Å². The number of rotatable bonds is 23. The number of ether oxygens (including phenoxy) is 2. The van der Waals surface area contributed by atoms with Crippen molar-refractivity contribution in [1.82, 2.24) is 37.2 Å². The first kappa shape index (κ1) is 65.7. The first-order valence-corrected chi connectivity index (χ1v) is 26.8. The Bertz CT molecular complexity index is 1810. The zero-order valence-electron chi connectivity index (χ0n) is 46.2. The SMILES string of the molecule is CCC(C)CCCCCCCC[C@@H]1CC(=O)N[C@@H](CCC(=O)OC)C(=O)N[C@@H](CC(C)C)C(=O)N[C@H](CC(C)C)C(=O)N[C@@H](C(C)C)C(=O)N[C@@H](CC(=O)O)C(=O)N[C@H](CC(C)C)C(=O)N[C@@H](C(C)C)C(=O)O1. The highest BCUT2D eigenvalue weighted by atomic mass is 16.5. The molecule has 0 radical (unpaired) electrons. The lowest BCUT2D eigenvalue weighted by molar-refractivity contribution is -0.156. The van der Waals surface area contributed by atoms with Gasteiger partial charge in [-0.15, -0.1) is 0 Å². The van der Waals surface area contributed by atoms with Crippen LogP contribution in [0.4, 0.5) is 0 Å². The van der Waals surface area contributed by atoms with Gasteiger partial charge in [-0.1, -0.05) is 128 Å². The van der Waals surface area contributed by atoms with Gasteiger partial charge in [0.2, 0.25) is 41.4 Å². The minimum atomic E-state index is -1.72. The van der Waals surface area contributed by atoms with Crippen molar-refractivity contribution in [2.24, 2.45) is 35.5 Å². The van der Waals surface area contributed by atoms with Crippen LogP contribution in [-0.4, -0.2) is 120 Å². The van der Waals surface area contributed by atoms with Gasteiger partial charge in [-0.25, -0.2) is 4.79 Å². The van der Waals surface area contributed by atoms with Crippen LogP contribution in [-0.2, 0) is 57.4 Å². The molecule has 0 bridgehead atoms. The van der Waals surface area contributed by atoms with Gasteiger partial charge >= 0.3 is 17.9 Å². The third-order valence-corrected chi connectivity index (χ3v) is 12.9. The van der Waals surface area contributed by atoms with Gasteiger partial charge in [-0.2, -0.15) is 0 Å². The first-order chi connectivity index (χ1) is 34.2. The van der Waals surface area contributed by atoms with E-state index in [1.165, 1.54) is 7.11 Å². The molecule has 0 spiro atoms. The van der Waals surface area contributed by atoms with Gasteiger partial charge in [0, 0.05) is 6.42 Å². The van der Waals surface area contributed by atoms with Gasteiger partial charge in [-0.05, 0) is 74.0 Å². The van der Waals surface area contributed by atoms with Crippen LogP contribution in [0, 0.1) is 35.5 Å². The predicted octanol–water partition coefficient (Wildman–Crippen LogP) is 4.74. The molecular formula is C53H93N7O13. The number of esters is 2. The molecule has 1 heterocycles. The number of carboxylic acids is 1. The molecule has 0 saturated carbocycles. The molecule has 8 N–H and O–H groups in total. The third kappa shape index (κ3) is 26.5.